The number of furan rings is 1. The van der Waals surface area contributed by atoms with Gasteiger partial charge in [0.1, 0.15) is 11.5 Å². The molecule has 1 aliphatic heterocycles. The smallest absolute Gasteiger partial charge is 0.416 e. The fourth-order valence-electron chi connectivity index (χ4n) is 3.53. The van der Waals surface area contributed by atoms with Crippen molar-refractivity contribution in [2.24, 2.45) is 4.99 Å². The number of hydrogen-bond donors (Lipinski definition) is 0. The topological polar surface area (TPSA) is 45.8 Å². The normalized spacial score (nSPS) is 16.4. The molecule has 0 N–H and O–H groups in total. The van der Waals surface area contributed by atoms with Gasteiger partial charge in [0.15, 0.2) is 5.17 Å². The number of benzene rings is 3. The molecule has 0 unspecified atom stereocenters. The van der Waals surface area contributed by atoms with E-state index in [1.807, 2.05) is 60.7 Å². The molecule has 2 heterocycles. The average molecular weight is 491 g/mol. The highest BCUT2D eigenvalue weighted by Gasteiger charge is 2.35. The molecule has 4 aromatic rings. The zero-order valence-corrected chi connectivity index (χ0v) is 18.9. The van der Waals surface area contributed by atoms with Crippen molar-refractivity contribution in [3.63, 3.8) is 0 Å². The number of aliphatic imine (C=N–C) groups is 1. The summed E-state index contributed by atoms with van der Waals surface area (Å²) in [7, 11) is 0. The van der Waals surface area contributed by atoms with Crippen molar-refractivity contribution in [2.45, 2.75) is 6.18 Å². The highest BCUT2D eigenvalue weighted by Crippen LogP contribution is 2.38. The Bertz CT molecular complexity index is 1430. The molecule has 0 saturated carbocycles. The second kappa shape index (κ2) is 9.31. The molecule has 0 spiro atoms. The number of carbonyl (C=O) groups excluding carboxylic acids is 1. The summed E-state index contributed by atoms with van der Waals surface area (Å²) in [6.45, 7) is 0. The van der Waals surface area contributed by atoms with E-state index in [2.05, 4.69) is 4.99 Å². The molecule has 8 heteroatoms. The Labute approximate surface area is 203 Å². The van der Waals surface area contributed by atoms with Gasteiger partial charge in [-0.05, 0) is 60.3 Å². The molecule has 1 aliphatic rings. The number of halogens is 3. The van der Waals surface area contributed by atoms with Crippen LogP contribution in [0.25, 0.3) is 17.4 Å². The lowest BCUT2D eigenvalue weighted by Crippen LogP contribution is -2.28. The number of alkyl halides is 3. The van der Waals surface area contributed by atoms with E-state index in [0.717, 1.165) is 12.1 Å². The van der Waals surface area contributed by atoms with Crippen molar-refractivity contribution < 1.29 is 22.4 Å². The molecular weight excluding hydrogens is 473 g/mol. The molecular formula is C27H17F3N2O2S. The zero-order valence-electron chi connectivity index (χ0n) is 18.1. The van der Waals surface area contributed by atoms with Crippen LogP contribution in [0.3, 0.4) is 0 Å². The standard InChI is InChI=1S/C27H17F3N2O2S/c28-27(29,30)19-9-7-8-18(16-19)23-15-14-22(34-23)17-24-25(33)32(21-12-5-2-6-13-21)26(35-24)31-20-10-3-1-4-11-20/h1-17H. The van der Waals surface area contributed by atoms with E-state index in [9.17, 15) is 18.0 Å². The molecule has 3 aromatic carbocycles. The van der Waals surface area contributed by atoms with E-state index in [-0.39, 0.29) is 11.7 Å². The summed E-state index contributed by atoms with van der Waals surface area (Å²) in [6.07, 6.45) is -2.87. The van der Waals surface area contributed by atoms with Gasteiger partial charge in [0, 0.05) is 11.6 Å². The summed E-state index contributed by atoms with van der Waals surface area (Å²) >= 11 is 1.20. The van der Waals surface area contributed by atoms with Gasteiger partial charge >= 0.3 is 6.18 Å². The number of amidine groups is 1. The number of hydrogen-bond acceptors (Lipinski definition) is 4. The molecule has 5 rings (SSSR count). The van der Waals surface area contributed by atoms with Gasteiger partial charge < -0.3 is 4.42 Å². The van der Waals surface area contributed by atoms with Gasteiger partial charge in [0.2, 0.25) is 0 Å². The van der Waals surface area contributed by atoms with Crippen LogP contribution >= 0.6 is 11.8 Å². The average Bonchev–Trinajstić information content (AvgIpc) is 3.44. The van der Waals surface area contributed by atoms with Gasteiger partial charge in [-0.1, -0.05) is 48.5 Å². The number of amides is 1. The van der Waals surface area contributed by atoms with Crippen LogP contribution in [-0.2, 0) is 11.0 Å². The Morgan fingerprint density at radius 2 is 1.57 bits per heavy atom. The SMILES string of the molecule is O=C1C(=Cc2ccc(-c3cccc(C(F)(F)F)c3)o2)SC(=Nc2ccccc2)N1c1ccccc1. The second-order valence-corrected chi connectivity index (χ2v) is 8.61. The van der Waals surface area contributed by atoms with Crippen molar-refractivity contribution >= 4 is 40.3 Å². The molecule has 1 aromatic heterocycles. The third-order valence-corrected chi connectivity index (χ3v) is 6.15. The van der Waals surface area contributed by atoms with E-state index in [4.69, 9.17) is 4.42 Å². The van der Waals surface area contributed by atoms with Crippen LogP contribution < -0.4 is 4.90 Å². The first-order chi connectivity index (χ1) is 16.9. The fourth-order valence-corrected chi connectivity index (χ4v) is 4.51. The van der Waals surface area contributed by atoms with Crippen molar-refractivity contribution in [3.8, 4) is 11.3 Å². The first-order valence-corrected chi connectivity index (χ1v) is 11.4. The van der Waals surface area contributed by atoms with Gasteiger partial charge in [-0.3, -0.25) is 9.69 Å². The molecule has 35 heavy (non-hydrogen) atoms. The van der Waals surface area contributed by atoms with Crippen molar-refractivity contribution in [2.75, 3.05) is 4.90 Å². The first-order valence-electron chi connectivity index (χ1n) is 10.6. The summed E-state index contributed by atoms with van der Waals surface area (Å²) in [4.78, 5) is 19.9. The molecule has 0 bridgehead atoms. The lowest BCUT2D eigenvalue weighted by molar-refractivity contribution is -0.137. The number of anilines is 1. The van der Waals surface area contributed by atoms with E-state index < -0.39 is 11.7 Å². The van der Waals surface area contributed by atoms with E-state index in [0.29, 0.717) is 32.8 Å². The maximum atomic E-state index is 13.3. The van der Waals surface area contributed by atoms with Crippen LogP contribution in [0, 0.1) is 0 Å². The minimum absolute atomic E-state index is 0.270. The maximum Gasteiger partial charge on any atom is 0.416 e. The number of carbonyl (C=O) groups is 1. The number of para-hydroxylation sites is 2. The Kier molecular flexibility index (Phi) is 6.05. The van der Waals surface area contributed by atoms with Crippen LogP contribution in [0.15, 0.2) is 111 Å². The molecule has 1 amide bonds. The monoisotopic (exact) mass is 490 g/mol. The summed E-state index contributed by atoms with van der Waals surface area (Å²) in [5.74, 6) is 0.353. The van der Waals surface area contributed by atoms with Crippen LogP contribution in [0.2, 0.25) is 0 Å². The molecule has 4 nitrogen and oxygen atoms in total. The maximum absolute atomic E-state index is 13.3. The first kappa shape index (κ1) is 22.7. The summed E-state index contributed by atoms with van der Waals surface area (Å²) in [6, 6.07) is 26.6. The van der Waals surface area contributed by atoms with Gasteiger partial charge in [-0.25, -0.2) is 4.99 Å². The van der Waals surface area contributed by atoms with Crippen LogP contribution in [-0.4, -0.2) is 11.1 Å². The highest BCUT2D eigenvalue weighted by molar-refractivity contribution is 8.19. The molecule has 174 valence electrons. The Morgan fingerprint density at radius 1 is 0.857 bits per heavy atom. The zero-order chi connectivity index (χ0) is 24.4. The van der Waals surface area contributed by atoms with E-state index in [1.54, 1.807) is 24.3 Å². The van der Waals surface area contributed by atoms with Gasteiger partial charge in [-0.15, -0.1) is 0 Å². The lowest BCUT2D eigenvalue weighted by Gasteiger charge is -2.15. The number of rotatable bonds is 4. The fraction of sp³-hybridized carbons (Fsp3) is 0.0370. The Balaban J connectivity index is 1.48. The molecule has 0 aliphatic carbocycles. The molecule has 0 radical (unpaired) electrons. The van der Waals surface area contributed by atoms with Gasteiger partial charge in [0.25, 0.3) is 5.91 Å². The minimum atomic E-state index is -4.45. The predicted molar refractivity (Wildman–Crippen MR) is 132 cm³/mol. The number of nitrogens with zero attached hydrogens (tertiary/aromatic N) is 2. The van der Waals surface area contributed by atoms with Crippen molar-refractivity contribution in [1.29, 1.82) is 0 Å². The third-order valence-electron chi connectivity index (χ3n) is 5.18. The second-order valence-electron chi connectivity index (χ2n) is 7.60. The van der Waals surface area contributed by atoms with Gasteiger partial charge in [0.05, 0.1) is 21.8 Å². The molecule has 1 fully saturated rings. The van der Waals surface area contributed by atoms with Crippen LogP contribution in [0.1, 0.15) is 11.3 Å². The molecule has 1 saturated heterocycles. The number of thioether (sulfide) groups is 1. The molecule has 0 atom stereocenters. The summed E-state index contributed by atoms with van der Waals surface area (Å²) in [5, 5.41) is 0.489. The van der Waals surface area contributed by atoms with Crippen molar-refractivity contribution in [3.05, 3.63) is 113 Å². The van der Waals surface area contributed by atoms with E-state index >= 15 is 0 Å². The predicted octanol–water partition coefficient (Wildman–Crippen LogP) is 7.77. The highest BCUT2D eigenvalue weighted by atomic mass is 32.2. The van der Waals surface area contributed by atoms with Gasteiger partial charge in [-0.2, -0.15) is 13.2 Å². The summed E-state index contributed by atoms with van der Waals surface area (Å²) < 4.78 is 45.0. The third kappa shape index (κ3) is 4.93. The Hall–Kier alpha value is -4.04. The van der Waals surface area contributed by atoms with E-state index in [1.165, 1.54) is 22.7 Å². The largest absolute Gasteiger partial charge is 0.457 e. The van der Waals surface area contributed by atoms with Crippen molar-refractivity contribution in [1.82, 2.24) is 0 Å². The Morgan fingerprint density at radius 3 is 2.29 bits per heavy atom. The summed E-state index contributed by atoms with van der Waals surface area (Å²) in [5.41, 5.74) is 0.919. The van der Waals surface area contributed by atoms with Crippen LogP contribution in [0.5, 0.6) is 0 Å². The quantitative estimate of drug-likeness (QED) is 0.275. The lowest BCUT2D eigenvalue weighted by atomic mass is 10.1. The van der Waals surface area contributed by atoms with Crippen LogP contribution in [0.4, 0.5) is 24.5 Å². The minimum Gasteiger partial charge on any atom is -0.457 e.